The number of hydrogen-bond donors (Lipinski definition) is 0. The van der Waals surface area contributed by atoms with E-state index in [0.717, 1.165) is 18.2 Å². The number of alkyl halides is 3. The molecule has 2 rings (SSSR count). The maximum absolute atomic E-state index is 12.8. The van der Waals surface area contributed by atoms with Crippen molar-refractivity contribution in [3.05, 3.63) is 62.7 Å². The lowest BCUT2D eigenvalue weighted by atomic mass is 10.1. The van der Waals surface area contributed by atoms with Crippen LogP contribution in [0.5, 0.6) is 11.5 Å². The fourth-order valence-corrected chi connectivity index (χ4v) is 2.61. The average Bonchev–Trinajstić information content (AvgIpc) is 2.66. The maximum atomic E-state index is 12.8. The highest BCUT2D eigenvalue weighted by Crippen LogP contribution is 2.37. The first-order chi connectivity index (χ1) is 14.1. The van der Waals surface area contributed by atoms with E-state index in [9.17, 15) is 28.1 Å². The number of nitro benzene ring substituents is 1. The minimum atomic E-state index is -4.57. The minimum absolute atomic E-state index is 0.0185. The third-order valence-corrected chi connectivity index (χ3v) is 4.06. The number of aliphatic imine (C=N–C) groups is 1. The summed E-state index contributed by atoms with van der Waals surface area (Å²) in [5.74, 6) is -0.891. The van der Waals surface area contributed by atoms with E-state index >= 15 is 0 Å². The van der Waals surface area contributed by atoms with Crippen molar-refractivity contribution in [3.63, 3.8) is 0 Å². The Labute approximate surface area is 174 Å². The van der Waals surface area contributed by atoms with Crippen LogP contribution in [-0.4, -0.2) is 23.8 Å². The molecule has 7 nitrogen and oxygen atoms in total. The van der Waals surface area contributed by atoms with Crippen LogP contribution in [0.1, 0.15) is 30.9 Å². The molecule has 0 bridgehead atoms. The van der Waals surface area contributed by atoms with Gasteiger partial charge in [0.25, 0.3) is 5.69 Å². The van der Waals surface area contributed by atoms with Crippen LogP contribution in [0.4, 0.5) is 18.9 Å². The summed E-state index contributed by atoms with van der Waals surface area (Å²) in [6.07, 6.45) is -3.92. The Balaban J connectivity index is 2.45. The highest BCUT2D eigenvalue weighted by molar-refractivity contribution is 6.32. The number of rotatable bonds is 6. The molecule has 30 heavy (non-hydrogen) atoms. The molecule has 2 aromatic carbocycles. The van der Waals surface area contributed by atoms with Gasteiger partial charge in [-0.1, -0.05) is 18.5 Å². The third kappa shape index (κ3) is 5.69. The monoisotopic (exact) mass is 444 g/mol. The van der Waals surface area contributed by atoms with Crippen molar-refractivity contribution in [3.8, 4) is 11.5 Å². The maximum Gasteiger partial charge on any atom is 0.416 e. The number of carbonyl (C=O) groups is 1. The van der Waals surface area contributed by atoms with Crippen LogP contribution in [0.25, 0.3) is 0 Å². The number of halogens is 4. The molecule has 0 aliphatic heterocycles. The van der Waals surface area contributed by atoms with E-state index in [1.807, 2.05) is 0 Å². The Kier molecular flexibility index (Phi) is 7.38. The Morgan fingerprint density at radius 2 is 1.93 bits per heavy atom. The summed E-state index contributed by atoms with van der Waals surface area (Å²) in [7, 11) is 1.20. The Bertz CT molecular complexity index is 993. The van der Waals surface area contributed by atoms with Gasteiger partial charge in [-0.25, -0.2) is 0 Å². The van der Waals surface area contributed by atoms with Crippen molar-refractivity contribution in [2.75, 3.05) is 7.11 Å². The van der Waals surface area contributed by atoms with Crippen LogP contribution in [0.15, 0.2) is 41.4 Å². The molecule has 0 radical (unpaired) electrons. The van der Waals surface area contributed by atoms with Gasteiger partial charge in [-0.15, -0.1) is 0 Å². The van der Waals surface area contributed by atoms with Gasteiger partial charge in [0.05, 0.1) is 22.6 Å². The first-order valence-corrected chi connectivity index (χ1v) is 8.93. The molecule has 0 unspecified atom stereocenters. The van der Waals surface area contributed by atoms with Gasteiger partial charge >= 0.3 is 6.18 Å². The van der Waals surface area contributed by atoms with Crippen LogP contribution in [0.2, 0.25) is 5.02 Å². The van der Waals surface area contributed by atoms with Gasteiger partial charge in [-0.2, -0.15) is 18.2 Å². The van der Waals surface area contributed by atoms with Crippen molar-refractivity contribution in [2.45, 2.75) is 25.9 Å². The smallest absolute Gasteiger partial charge is 0.416 e. The summed E-state index contributed by atoms with van der Waals surface area (Å²) in [6, 6.07) is 6.04. The van der Waals surface area contributed by atoms with E-state index in [-0.39, 0.29) is 34.4 Å². The normalized spacial score (nSPS) is 11.9. The highest BCUT2D eigenvalue weighted by atomic mass is 35.5. The lowest BCUT2D eigenvalue weighted by molar-refractivity contribution is -0.385. The Morgan fingerprint density at radius 3 is 2.47 bits per heavy atom. The number of carbonyl (C=O) groups excluding carboxylic acids is 1. The first kappa shape index (κ1) is 23.1. The number of amides is 1. The van der Waals surface area contributed by atoms with Gasteiger partial charge in [0, 0.05) is 18.6 Å². The third-order valence-electron chi connectivity index (χ3n) is 3.77. The minimum Gasteiger partial charge on any atom is -0.480 e. The predicted octanol–water partition coefficient (Wildman–Crippen LogP) is 5.78. The second-order valence-electron chi connectivity index (χ2n) is 5.95. The molecule has 0 aliphatic carbocycles. The average molecular weight is 445 g/mol. The Morgan fingerprint density at radius 1 is 1.23 bits per heavy atom. The van der Waals surface area contributed by atoms with Gasteiger partial charge < -0.3 is 9.47 Å². The second kappa shape index (κ2) is 9.57. The zero-order chi connectivity index (χ0) is 22.5. The molecule has 0 saturated heterocycles. The van der Waals surface area contributed by atoms with Gasteiger partial charge in [-0.05, 0) is 30.7 Å². The summed E-state index contributed by atoms with van der Waals surface area (Å²) < 4.78 is 48.8. The van der Waals surface area contributed by atoms with Crippen LogP contribution >= 0.6 is 11.6 Å². The predicted molar refractivity (Wildman–Crippen MR) is 103 cm³/mol. The topological polar surface area (TPSA) is 91.0 Å². The summed E-state index contributed by atoms with van der Waals surface area (Å²) in [5, 5.41) is 11.0. The number of methoxy groups -OCH3 is 1. The molecule has 160 valence electrons. The summed E-state index contributed by atoms with van der Waals surface area (Å²) in [6.45, 7) is 1.77. The van der Waals surface area contributed by atoms with E-state index < -0.39 is 28.3 Å². The quantitative estimate of drug-likeness (QED) is 0.244. The first-order valence-electron chi connectivity index (χ1n) is 8.55. The number of nitrogens with zero attached hydrogens (tertiary/aromatic N) is 2. The number of nitro groups is 1. The lowest BCUT2D eigenvalue weighted by Gasteiger charge is -2.12. The van der Waals surface area contributed by atoms with Crippen molar-refractivity contribution in [1.82, 2.24) is 0 Å². The molecule has 0 fully saturated rings. The summed E-state index contributed by atoms with van der Waals surface area (Å²) in [5.41, 5.74) is -1.48. The second-order valence-corrected chi connectivity index (χ2v) is 6.35. The summed E-state index contributed by atoms with van der Waals surface area (Å²) in [4.78, 5) is 26.2. The molecule has 1 amide bonds. The molecule has 0 saturated carbocycles. The molecule has 0 N–H and O–H groups in total. The number of benzene rings is 2. The molecule has 0 atom stereocenters. The molecule has 2 aromatic rings. The number of hydrogen-bond acceptors (Lipinski definition) is 5. The fraction of sp³-hybridized carbons (Fsp3) is 0.263. The number of ether oxygens (including phenoxy) is 2. The van der Waals surface area contributed by atoms with Crippen molar-refractivity contribution >= 4 is 29.1 Å². The SMILES string of the molecule is CCCC(=O)N=C(OC)c1cc(Oc2ccc(C(F)(F)F)cc2Cl)ccc1[N+](=O)[O-]. The van der Waals surface area contributed by atoms with Crippen molar-refractivity contribution < 1.29 is 32.4 Å². The van der Waals surface area contributed by atoms with E-state index in [2.05, 4.69) is 4.99 Å². The standard InChI is InChI=1S/C19H16ClF3N2O5/c1-3-4-17(26)24-18(29-2)13-10-12(6-7-15(13)25(27)28)30-16-8-5-11(9-14(16)20)19(21,22)23/h5-10H,3-4H2,1-2H3. The van der Waals surface area contributed by atoms with Crippen molar-refractivity contribution in [1.29, 1.82) is 0 Å². The Hall–Kier alpha value is -3.14. The van der Waals surface area contributed by atoms with Gasteiger partial charge in [0.15, 0.2) is 0 Å². The van der Waals surface area contributed by atoms with Crippen LogP contribution < -0.4 is 4.74 Å². The van der Waals surface area contributed by atoms with Crippen LogP contribution in [0.3, 0.4) is 0 Å². The van der Waals surface area contributed by atoms with E-state index in [1.54, 1.807) is 6.92 Å². The largest absolute Gasteiger partial charge is 0.480 e. The summed E-state index contributed by atoms with van der Waals surface area (Å²) >= 11 is 5.87. The molecule has 11 heteroatoms. The molecule has 0 spiro atoms. The van der Waals surface area contributed by atoms with E-state index in [4.69, 9.17) is 21.1 Å². The van der Waals surface area contributed by atoms with Crippen LogP contribution in [-0.2, 0) is 15.7 Å². The molecule has 0 heterocycles. The molecule has 0 aromatic heterocycles. The van der Waals surface area contributed by atoms with Gasteiger partial charge in [-0.3, -0.25) is 14.9 Å². The van der Waals surface area contributed by atoms with Crippen LogP contribution in [0, 0.1) is 10.1 Å². The highest BCUT2D eigenvalue weighted by Gasteiger charge is 2.31. The zero-order valence-electron chi connectivity index (χ0n) is 15.8. The molecule has 0 aliphatic rings. The van der Waals surface area contributed by atoms with Crippen molar-refractivity contribution in [2.24, 2.45) is 4.99 Å². The lowest BCUT2D eigenvalue weighted by Crippen LogP contribution is -2.10. The van der Waals surface area contributed by atoms with Gasteiger partial charge in [0.1, 0.15) is 17.1 Å². The molecular weight excluding hydrogens is 429 g/mol. The molecular formula is C19H16ClF3N2O5. The van der Waals surface area contributed by atoms with E-state index in [0.29, 0.717) is 12.5 Å². The zero-order valence-corrected chi connectivity index (χ0v) is 16.6. The van der Waals surface area contributed by atoms with E-state index in [1.165, 1.54) is 19.2 Å². The fourth-order valence-electron chi connectivity index (χ4n) is 2.39. The van der Waals surface area contributed by atoms with Gasteiger partial charge in [0.2, 0.25) is 11.8 Å².